The molecule has 0 radical (unpaired) electrons. The van der Waals surface area contributed by atoms with Gasteiger partial charge >= 0.3 is 0 Å². The average Bonchev–Trinajstić information content (AvgIpc) is 2.52. The third kappa shape index (κ3) is 3.99. The zero-order chi connectivity index (χ0) is 16.2. The van der Waals surface area contributed by atoms with Crippen molar-refractivity contribution >= 4 is 5.82 Å². The largest absolute Gasteiger partial charge is 0.492 e. The highest BCUT2D eigenvalue weighted by Gasteiger charge is 2.28. The highest BCUT2D eigenvalue weighted by Crippen LogP contribution is 2.34. The Labute approximate surface area is 137 Å². The van der Waals surface area contributed by atoms with Gasteiger partial charge in [0.05, 0.1) is 6.54 Å². The number of nitrogens with two attached hydrogens (primary N) is 1. The SMILES string of the molecule is Cc1ccc(OCCNc2cc(C3CC(N)C3)ncn2)cc1C. The molecule has 1 aliphatic carbocycles. The summed E-state index contributed by atoms with van der Waals surface area (Å²) in [5, 5.41) is 3.29. The summed E-state index contributed by atoms with van der Waals surface area (Å²) in [4.78, 5) is 8.61. The van der Waals surface area contributed by atoms with Crippen LogP contribution in [-0.4, -0.2) is 29.2 Å². The summed E-state index contributed by atoms with van der Waals surface area (Å²) in [6.07, 6.45) is 3.66. The minimum Gasteiger partial charge on any atom is -0.492 e. The van der Waals surface area contributed by atoms with Gasteiger partial charge in [0.25, 0.3) is 0 Å². The molecule has 0 spiro atoms. The molecule has 5 heteroatoms. The Balaban J connectivity index is 1.47. The molecule has 0 amide bonds. The zero-order valence-electron chi connectivity index (χ0n) is 13.7. The van der Waals surface area contributed by atoms with E-state index >= 15 is 0 Å². The van der Waals surface area contributed by atoms with E-state index in [0.717, 1.165) is 30.1 Å². The van der Waals surface area contributed by atoms with Gasteiger partial charge in [0.15, 0.2) is 0 Å². The number of aryl methyl sites for hydroxylation is 2. The van der Waals surface area contributed by atoms with Crippen LogP contribution in [-0.2, 0) is 0 Å². The Morgan fingerprint density at radius 2 is 2.00 bits per heavy atom. The van der Waals surface area contributed by atoms with Crippen LogP contribution in [0.3, 0.4) is 0 Å². The average molecular weight is 312 g/mol. The lowest BCUT2D eigenvalue weighted by molar-refractivity contribution is 0.332. The second-order valence-electron chi connectivity index (χ2n) is 6.28. The van der Waals surface area contributed by atoms with Crippen molar-refractivity contribution in [1.82, 2.24) is 9.97 Å². The van der Waals surface area contributed by atoms with E-state index in [1.165, 1.54) is 11.1 Å². The van der Waals surface area contributed by atoms with Crippen LogP contribution in [0.1, 0.15) is 35.6 Å². The number of benzene rings is 1. The van der Waals surface area contributed by atoms with E-state index < -0.39 is 0 Å². The fraction of sp³-hybridized carbons (Fsp3) is 0.444. The van der Waals surface area contributed by atoms with E-state index in [1.54, 1.807) is 6.33 Å². The monoisotopic (exact) mass is 312 g/mol. The topological polar surface area (TPSA) is 73.1 Å². The molecule has 0 atom stereocenters. The van der Waals surface area contributed by atoms with Gasteiger partial charge in [-0.05, 0) is 49.9 Å². The first-order valence-corrected chi connectivity index (χ1v) is 8.13. The van der Waals surface area contributed by atoms with Gasteiger partial charge < -0.3 is 15.8 Å². The Morgan fingerprint density at radius 3 is 2.74 bits per heavy atom. The first-order valence-electron chi connectivity index (χ1n) is 8.13. The van der Waals surface area contributed by atoms with Crippen LogP contribution in [0.25, 0.3) is 0 Å². The van der Waals surface area contributed by atoms with Crippen molar-refractivity contribution in [2.24, 2.45) is 5.73 Å². The Hall–Kier alpha value is -2.14. The van der Waals surface area contributed by atoms with Crippen molar-refractivity contribution in [3.8, 4) is 5.75 Å². The minimum absolute atomic E-state index is 0.331. The molecule has 5 nitrogen and oxygen atoms in total. The Kier molecular flexibility index (Phi) is 4.76. The van der Waals surface area contributed by atoms with Gasteiger partial charge in [-0.15, -0.1) is 0 Å². The zero-order valence-corrected chi connectivity index (χ0v) is 13.7. The van der Waals surface area contributed by atoms with Crippen LogP contribution in [0.4, 0.5) is 5.82 Å². The summed E-state index contributed by atoms with van der Waals surface area (Å²) in [6.45, 7) is 5.49. The standard InChI is InChI=1S/C18H24N4O/c1-12-3-4-16(7-13(12)2)23-6-5-20-18-10-17(21-11-22-18)14-8-15(19)9-14/h3-4,7,10-11,14-15H,5-6,8-9,19H2,1-2H3,(H,20,21,22). The molecule has 1 aromatic carbocycles. The smallest absolute Gasteiger partial charge is 0.129 e. The molecular formula is C18H24N4O. The molecule has 0 bridgehead atoms. The lowest BCUT2D eigenvalue weighted by Crippen LogP contribution is -2.35. The third-order valence-corrected chi connectivity index (χ3v) is 4.44. The maximum atomic E-state index is 5.84. The number of hydrogen-bond acceptors (Lipinski definition) is 5. The van der Waals surface area contributed by atoms with Gasteiger partial charge in [-0.2, -0.15) is 0 Å². The quantitative estimate of drug-likeness (QED) is 0.802. The van der Waals surface area contributed by atoms with Gasteiger partial charge in [-0.3, -0.25) is 0 Å². The summed E-state index contributed by atoms with van der Waals surface area (Å²) in [6, 6.07) is 8.51. The van der Waals surface area contributed by atoms with Crippen LogP contribution >= 0.6 is 0 Å². The van der Waals surface area contributed by atoms with E-state index in [-0.39, 0.29) is 0 Å². The second kappa shape index (κ2) is 6.96. The van der Waals surface area contributed by atoms with Crippen molar-refractivity contribution in [3.63, 3.8) is 0 Å². The maximum Gasteiger partial charge on any atom is 0.129 e. The first-order chi connectivity index (χ1) is 11.1. The first kappa shape index (κ1) is 15.7. The lowest BCUT2D eigenvalue weighted by atomic mass is 9.79. The molecular weight excluding hydrogens is 288 g/mol. The molecule has 2 aromatic rings. The van der Waals surface area contributed by atoms with Crippen LogP contribution < -0.4 is 15.8 Å². The van der Waals surface area contributed by atoms with Crippen molar-refractivity contribution in [1.29, 1.82) is 0 Å². The van der Waals surface area contributed by atoms with Crippen molar-refractivity contribution in [3.05, 3.63) is 47.4 Å². The van der Waals surface area contributed by atoms with Gasteiger partial charge in [0, 0.05) is 23.7 Å². The van der Waals surface area contributed by atoms with E-state index in [4.69, 9.17) is 10.5 Å². The Morgan fingerprint density at radius 1 is 1.17 bits per heavy atom. The summed E-state index contributed by atoms with van der Waals surface area (Å²) in [7, 11) is 0. The molecule has 0 unspecified atom stereocenters. The predicted molar refractivity (Wildman–Crippen MR) is 91.9 cm³/mol. The Bertz CT molecular complexity index is 668. The van der Waals surface area contributed by atoms with Crippen molar-refractivity contribution < 1.29 is 4.74 Å². The molecule has 23 heavy (non-hydrogen) atoms. The summed E-state index contributed by atoms with van der Waals surface area (Å²) >= 11 is 0. The van der Waals surface area contributed by atoms with E-state index in [1.807, 2.05) is 12.1 Å². The van der Waals surface area contributed by atoms with Gasteiger partial charge in [-0.25, -0.2) is 9.97 Å². The van der Waals surface area contributed by atoms with E-state index in [0.29, 0.717) is 25.1 Å². The number of rotatable bonds is 6. The summed E-state index contributed by atoms with van der Waals surface area (Å²) in [5.74, 6) is 2.24. The van der Waals surface area contributed by atoms with E-state index in [2.05, 4.69) is 41.3 Å². The number of ether oxygens (including phenoxy) is 1. The minimum atomic E-state index is 0.331. The molecule has 0 saturated heterocycles. The molecule has 0 aliphatic heterocycles. The highest BCUT2D eigenvalue weighted by molar-refractivity contribution is 5.37. The summed E-state index contributed by atoms with van der Waals surface area (Å²) in [5.41, 5.74) is 9.45. The molecule has 1 heterocycles. The number of nitrogens with one attached hydrogen (secondary N) is 1. The van der Waals surface area contributed by atoms with Crippen LogP contribution in [0.5, 0.6) is 5.75 Å². The summed E-state index contributed by atoms with van der Waals surface area (Å²) < 4.78 is 5.77. The van der Waals surface area contributed by atoms with Crippen LogP contribution in [0.2, 0.25) is 0 Å². The number of nitrogens with zero attached hydrogens (tertiary/aromatic N) is 2. The van der Waals surface area contributed by atoms with Crippen molar-refractivity contribution in [2.75, 3.05) is 18.5 Å². The molecule has 1 fully saturated rings. The molecule has 1 aromatic heterocycles. The lowest BCUT2D eigenvalue weighted by Gasteiger charge is -2.31. The number of aromatic nitrogens is 2. The molecule has 1 aliphatic rings. The molecule has 3 N–H and O–H groups in total. The predicted octanol–water partition coefficient (Wildman–Crippen LogP) is 2.79. The van der Waals surface area contributed by atoms with Gasteiger partial charge in [0.1, 0.15) is 24.5 Å². The van der Waals surface area contributed by atoms with Gasteiger partial charge in [0.2, 0.25) is 0 Å². The highest BCUT2D eigenvalue weighted by atomic mass is 16.5. The number of anilines is 1. The molecule has 3 rings (SSSR count). The maximum absolute atomic E-state index is 5.84. The molecule has 122 valence electrons. The second-order valence-corrected chi connectivity index (χ2v) is 6.28. The van der Waals surface area contributed by atoms with Crippen molar-refractivity contribution in [2.45, 2.75) is 38.6 Å². The van der Waals surface area contributed by atoms with Crippen LogP contribution in [0.15, 0.2) is 30.6 Å². The number of hydrogen-bond donors (Lipinski definition) is 2. The normalized spacial score (nSPS) is 20.0. The third-order valence-electron chi connectivity index (χ3n) is 4.44. The molecule has 1 saturated carbocycles. The fourth-order valence-electron chi connectivity index (χ4n) is 2.75. The van der Waals surface area contributed by atoms with E-state index in [9.17, 15) is 0 Å². The fourth-order valence-corrected chi connectivity index (χ4v) is 2.75. The van der Waals surface area contributed by atoms with Crippen LogP contribution in [0, 0.1) is 13.8 Å². The van der Waals surface area contributed by atoms with Gasteiger partial charge in [-0.1, -0.05) is 6.07 Å².